The van der Waals surface area contributed by atoms with Gasteiger partial charge < -0.3 is 0 Å². The Hall–Kier alpha value is -2.54. The van der Waals surface area contributed by atoms with Crippen LogP contribution in [0.5, 0.6) is 0 Å². The fourth-order valence-electron chi connectivity index (χ4n) is 2.54. The van der Waals surface area contributed by atoms with E-state index in [-0.39, 0.29) is 5.41 Å². The first-order valence-electron chi connectivity index (χ1n) is 7.77. The fraction of sp³-hybridized carbons (Fsp3) is 0.294. The molecule has 0 saturated carbocycles. The molecule has 0 aliphatic rings. The Morgan fingerprint density at radius 1 is 1.08 bits per heavy atom. The summed E-state index contributed by atoms with van der Waals surface area (Å²) in [6, 6.07) is 10.5. The summed E-state index contributed by atoms with van der Waals surface area (Å²) in [5, 5.41) is 21.2. The van der Waals surface area contributed by atoms with E-state index >= 15 is 0 Å². The van der Waals surface area contributed by atoms with Crippen LogP contribution in [0.2, 0.25) is 0 Å². The van der Waals surface area contributed by atoms with Gasteiger partial charge in [-0.15, -0.1) is 10.2 Å². The van der Waals surface area contributed by atoms with Crippen LogP contribution in [-0.2, 0) is 5.41 Å². The van der Waals surface area contributed by atoms with Gasteiger partial charge in [-0.3, -0.25) is 5.10 Å². The highest BCUT2D eigenvalue weighted by molar-refractivity contribution is 7.19. The second-order valence-corrected chi connectivity index (χ2v) is 7.84. The van der Waals surface area contributed by atoms with E-state index in [4.69, 9.17) is 0 Å². The van der Waals surface area contributed by atoms with Gasteiger partial charge in [0.15, 0.2) is 0 Å². The highest BCUT2D eigenvalue weighted by Crippen LogP contribution is 2.30. The smallest absolute Gasteiger partial charge is 0.235 e. The summed E-state index contributed by atoms with van der Waals surface area (Å²) in [6.45, 7) is 8.59. The zero-order chi connectivity index (χ0) is 16.9. The summed E-state index contributed by atoms with van der Waals surface area (Å²) in [4.78, 5) is 0.764. The first-order chi connectivity index (χ1) is 11.4. The molecule has 0 aliphatic heterocycles. The van der Waals surface area contributed by atoms with E-state index in [1.54, 1.807) is 4.52 Å². The second-order valence-electron chi connectivity index (χ2n) is 6.89. The quantitative estimate of drug-likeness (QED) is 0.602. The topological polar surface area (TPSA) is 71.8 Å². The Morgan fingerprint density at radius 2 is 1.83 bits per heavy atom. The maximum absolute atomic E-state index is 4.68. The van der Waals surface area contributed by atoms with Gasteiger partial charge in [-0.1, -0.05) is 56.4 Å². The highest BCUT2D eigenvalue weighted by atomic mass is 32.1. The van der Waals surface area contributed by atoms with E-state index in [9.17, 15) is 0 Å². The van der Waals surface area contributed by atoms with Gasteiger partial charge >= 0.3 is 0 Å². The molecule has 0 amide bonds. The van der Waals surface area contributed by atoms with Crippen LogP contribution >= 0.6 is 11.3 Å². The second kappa shape index (κ2) is 5.24. The molecule has 0 aliphatic carbocycles. The molecule has 122 valence electrons. The van der Waals surface area contributed by atoms with Gasteiger partial charge in [0.2, 0.25) is 10.8 Å². The molecule has 3 aromatic heterocycles. The van der Waals surface area contributed by atoms with Gasteiger partial charge in [0.25, 0.3) is 0 Å². The highest BCUT2D eigenvalue weighted by Gasteiger charge is 2.17. The molecule has 0 saturated heterocycles. The van der Waals surface area contributed by atoms with Crippen molar-refractivity contribution < 1.29 is 0 Å². The molecule has 0 unspecified atom stereocenters. The van der Waals surface area contributed by atoms with Crippen LogP contribution in [0, 0.1) is 6.92 Å². The van der Waals surface area contributed by atoms with E-state index < -0.39 is 0 Å². The number of aromatic amines is 1. The molecule has 24 heavy (non-hydrogen) atoms. The number of hydrogen-bond donors (Lipinski definition) is 1. The summed E-state index contributed by atoms with van der Waals surface area (Å²) >= 11 is 1.53. The Bertz CT molecular complexity index is 1000. The van der Waals surface area contributed by atoms with Crippen LogP contribution in [0.1, 0.15) is 32.0 Å². The Labute approximate surface area is 143 Å². The van der Waals surface area contributed by atoms with Crippen LogP contribution < -0.4 is 0 Å². The number of aromatic nitrogens is 6. The molecule has 4 aromatic rings. The van der Waals surface area contributed by atoms with Crippen molar-refractivity contribution in [1.82, 2.24) is 30.0 Å². The van der Waals surface area contributed by atoms with Crippen molar-refractivity contribution in [2.45, 2.75) is 33.1 Å². The predicted molar refractivity (Wildman–Crippen MR) is 95.1 cm³/mol. The van der Waals surface area contributed by atoms with E-state index in [0.29, 0.717) is 5.82 Å². The Morgan fingerprint density at radius 3 is 2.46 bits per heavy atom. The Balaban J connectivity index is 1.75. The normalized spacial score (nSPS) is 12.2. The van der Waals surface area contributed by atoms with Crippen LogP contribution in [0.15, 0.2) is 30.3 Å². The van der Waals surface area contributed by atoms with Crippen molar-refractivity contribution in [1.29, 1.82) is 0 Å². The van der Waals surface area contributed by atoms with Gasteiger partial charge in [0.1, 0.15) is 10.7 Å². The van der Waals surface area contributed by atoms with Crippen LogP contribution in [-0.4, -0.2) is 30.0 Å². The van der Waals surface area contributed by atoms with Crippen LogP contribution in [0.4, 0.5) is 0 Å². The third kappa shape index (κ3) is 2.50. The molecule has 7 heteroatoms. The molecular weight excluding hydrogens is 320 g/mol. The molecule has 4 rings (SSSR count). The number of H-pyrrole nitrogens is 1. The molecule has 1 N–H and O–H groups in total. The average molecular weight is 338 g/mol. The maximum atomic E-state index is 4.68. The van der Waals surface area contributed by atoms with Crippen LogP contribution in [0.25, 0.3) is 27.1 Å². The van der Waals surface area contributed by atoms with E-state index in [2.05, 4.69) is 70.5 Å². The molecule has 3 heterocycles. The average Bonchev–Trinajstić information content (AvgIpc) is 3.21. The SMILES string of the molecule is Cc1cc(-c2nnc3sc(-c4ccc(C(C)(C)C)cc4)nn23)n[nH]1. The number of hydrogen-bond acceptors (Lipinski definition) is 5. The standard InChI is InChI=1S/C17H18N6S/c1-10-9-13(19-18-10)14-20-21-16-23(14)22-15(24-16)11-5-7-12(8-6-11)17(2,3)4/h5-9H,1-4H3,(H,18,19). The minimum absolute atomic E-state index is 0.144. The zero-order valence-electron chi connectivity index (χ0n) is 14.0. The summed E-state index contributed by atoms with van der Waals surface area (Å²) in [5.41, 5.74) is 4.27. The zero-order valence-corrected chi connectivity index (χ0v) is 14.8. The summed E-state index contributed by atoms with van der Waals surface area (Å²) in [5.74, 6) is 0.656. The molecule has 1 aromatic carbocycles. The first-order valence-corrected chi connectivity index (χ1v) is 8.59. The molecule has 0 atom stereocenters. The number of rotatable bonds is 2. The van der Waals surface area contributed by atoms with E-state index in [1.165, 1.54) is 16.9 Å². The van der Waals surface area contributed by atoms with Gasteiger partial charge in [0, 0.05) is 11.3 Å². The van der Waals surface area contributed by atoms with Crippen molar-refractivity contribution >= 4 is 16.3 Å². The van der Waals surface area contributed by atoms with Gasteiger partial charge in [-0.25, -0.2) is 0 Å². The number of nitrogens with zero attached hydrogens (tertiary/aromatic N) is 5. The van der Waals surface area contributed by atoms with Gasteiger partial charge in [0.05, 0.1) is 0 Å². The molecule has 0 radical (unpaired) electrons. The molecule has 0 fully saturated rings. The Kier molecular flexibility index (Phi) is 3.28. The summed E-state index contributed by atoms with van der Waals surface area (Å²) < 4.78 is 1.76. The third-order valence-corrected chi connectivity index (χ3v) is 4.87. The fourth-order valence-corrected chi connectivity index (χ4v) is 3.38. The minimum Gasteiger partial charge on any atom is -0.282 e. The van der Waals surface area contributed by atoms with Crippen molar-refractivity contribution in [2.75, 3.05) is 0 Å². The maximum Gasteiger partial charge on any atom is 0.235 e. The van der Waals surface area contributed by atoms with Crippen molar-refractivity contribution in [2.24, 2.45) is 0 Å². The first kappa shape index (κ1) is 15.0. The van der Waals surface area contributed by atoms with Gasteiger partial charge in [-0.05, 0) is 24.0 Å². The van der Waals surface area contributed by atoms with Crippen molar-refractivity contribution in [3.05, 3.63) is 41.6 Å². The molecule has 0 bridgehead atoms. The van der Waals surface area contributed by atoms with Crippen molar-refractivity contribution in [3.63, 3.8) is 0 Å². The predicted octanol–water partition coefficient (Wildman–Crippen LogP) is 3.85. The monoisotopic (exact) mass is 338 g/mol. The molecule has 0 spiro atoms. The third-order valence-electron chi connectivity index (χ3n) is 3.92. The summed E-state index contributed by atoms with van der Waals surface area (Å²) in [6.07, 6.45) is 0. The number of benzene rings is 1. The lowest BCUT2D eigenvalue weighted by Gasteiger charge is -2.18. The minimum atomic E-state index is 0.144. The lowest BCUT2D eigenvalue weighted by atomic mass is 9.87. The lowest BCUT2D eigenvalue weighted by Crippen LogP contribution is -2.10. The molecular formula is C17H18N6S. The number of fused-ring (bicyclic) bond motifs is 1. The van der Waals surface area contributed by atoms with E-state index in [1.807, 2.05) is 13.0 Å². The van der Waals surface area contributed by atoms with E-state index in [0.717, 1.165) is 26.9 Å². The van der Waals surface area contributed by atoms with Gasteiger partial charge in [-0.2, -0.15) is 14.7 Å². The lowest BCUT2D eigenvalue weighted by molar-refractivity contribution is 0.590. The summed E-state index contributed by atoms with van der Waals surface area (Å²) in [7, 11) is 0. The van der Waals surface area contributed by atoms with Crippen LogP contribution in [0.3, 0.4) is 0 Å². The molecule has 6 nitrogen and oxygen atoms in total. The number of nitrogens with one attached hydrogen (secondary N) is 1. The number of aryl methyl sites for hydroxylation is 1. The largest absolute Gasteiger partial charge is 0.282 e. The van der Waals surface area contributed by atoms with Crippen molar-refractivity contribution in [3.8, 4) is 22.1 Å².